The molecular weight excluding hydrogens is 490 g/mol. The molecule has 5 rings (SSSR count). The van der Waals surface area contributed by atoms with E-state index >= 15 is 0 Å². The number of esters is 1. The molecule has 3 aliphatic heterocycles. The molecule has 3 fully saturated rings. The van der Waals surface area contributed by atoms with Gasteiger partial charge >= 0.3 is 5.97 Å². The lowest BCUT2D eigenvalue weighted by Crippen LogP contribution is -2.58. The SMILES string of the molecule is C=CCN(Cn1nnc2ccccc21)C(=O)C1N([C@H](C)CO)C(=O)[C@@H]2[C@H](C(=O)OCC)[C@@]3(C)OC12CC3C. The minimum Gasteiger partial charge on any atom is -0.466 e. The Hall–Kier alpha value is -3.31. The molecular formula is C27H35N5O6. The van der Waals surface area contributed by atoms with Crippen molar-refractivity contribution in [2.24, 2.45) is 17.8 Å². The number of hydrogen-bond acceptors (Lipinski definition) is 8. The lowest BCUT2D eigenvalue weighted by molar-refractivity contribution is -0.163. The first-order chi connectivity index (χ1) is 18.1. The molecule has 2 amide bonds. The summed E-state index contributed by atoms with van der Waals surface area (Å²) in [5.74, 6) is -3.07. The van der Waals surface area contributed by atoms with Crippen molar-refractivity contribution in [3.05, 3.63) is 36.9 Å². The van der Waals surface area contributed by atoms with Gasteiger partial charge in [-0.25, -0.2) is 4.68 Å². The van der Waals surface area contributed by atoms with Gasteiger partial charge in [0, 0.05) is 6.54 Å². The van der Waals surface area contributed by atoms with Crippen molar-refractivity contribution >= 4 is 28.8 Å². The number of aliphatic hydroxyl groups is 1. The number of ether oxygens (including phenoxy) is 2. The largest absolute Gasteiger partial charge is 0.466 e. The normalized spacial score (nSPS) is 32.4. The molecule has 204 valence electrons. The molecule has 1 aromatic heterocycles. The van der Waals surface area contributed by atoms with E-state index in [-0.39, 0.29) is 44.2 Å². The Kier molecular flexibility index (Phi) is 6.55. The number of likely N-dealkylation sites (tertiary alicyclic amines) is 1. The average Bonchev–Trinajstić information content (AvgIpc) is 3.56. The fourth-order valence-electron chi connectivity index (χ4n) is 6.84. The van der Waals surface area contributed by atoms with Crippen molar-refractivity contribution in [1.82, 2.24) is 24.8 Å². The minimum absolute atomic E-state index is 0.0757. The lowest BCUT2D eigenvalue weighted by Gasteiger charge is -2.38. The van der Waals surface area contributed by atoms with Crippen molar-refractivity contribution < 1.29 is 29.0 Å². The van der Waals surface area contributed by atoms with Crippen LogP contribution < -0.4 is 0 Å². The summed E-state index contributed by atoms with van der Waals surface area (Å²) in [5.41, 5.74) is -0.728. The van der Waals surface area contributed by atoms with Gasteiger partial charge in [0.25, 0.3) is 0 Å². The number of aliphatic hydroxyl groups excluding tert-OH is 1. The maximum absolute atomic E-state index is 14.5. The predicted octanol–water partition coefficient (Wildman–Crippen LogP) is 1.36. The molecule has 0 aliphatic carbocycles. The van der Waals surface area contributed by atoms with Crippen molar-refractivity contribution in [3.63, 3.8) is 0 Å². The Balaban J connectivity index is 1.58. The summed E-state index contributed by atoms with van der Waals surface area (Å²) >= 11 is 0. The predicted molar refractivity (Wildman–Crippen MR) is 136 cm³/mol. The highest BCUT2D eigenvalue weighted by molar-refractivity contribution is 5.98. The summed E-state index contributed by atoms with van der Waals surface area (Å²) in [7, 11) is 0. The van der Waals surface area contributed by atoms with Crippen LogP contribution in [0.3, 0.4) is 0 Å². The van der Waals surface area contributed by atoms with E-state index in [0.29, 0.717) is 11.9 Å². The van der Waals surface area contributed by atoms with Crippen LogP contribution in [-0.4, -0.2) is 90.7 Å². The Bertz CT molecular complexity index is 1280. The molecule has 3 aliphatic rings. The van der Waals surface area contributed by atoms with Crippen LogP contribution in [-0.2, 0) is 30.5 Å². The molecule has 0 radical (unpaired) electrons. The number of amides is 2. The number of carbonyl (C=O) groups is 3. The fraction of sp³-hybridized carbons (Fsp3) is 0.593. The fourth-order valence-corrected chi connectivity index (χ4v) is 6.84. The van der Waals surface area contributed by atoms with Crippen molar-refractivity contribution in [2.75, 3.05) is 19.8 Å². The number of carbonyl (C=O) groups excluding carboxylic acids is 3. The maximum atomic E-state index is 14.5. The van der Waals surface area contributed by atoms with Gasteiger partial charge in [-0.15, -0.1) is 11.7 Å². The smallest absolute Gasteiger partial charge is 0.312 e. The summed E-state index contributed by atoms with van der Waals surface area (Å²) in [4.78, 5) is 44.7. The van der Waals surface area contributed by atoms with E-state index in [2.05, 4.69) is 16.9 Å². The van der Waals surface area contributed by atoms with Gasteiger partial charge in [-0.05, 0) is 45.2 Å². The molecule has 38 heavy (non-hydrogen) atoms. The second-order valence-electron chi connectivity index (χ2n) is 10.8. The highest BCUT2D eigenvalue weighted by Gasteiger charge is 2.80. The third-order valence-corrected chi connectivity index (χ3v) is 8.65. The molecule has 7 atom stereocenters. The lowest BCUT2D eigenvalue weighted by atomic mass is 9.62. The van der Waals surface area contributed by atoms with Gasteiger partial charge in [0.05, 0.1) is 36.3 Å². The molecule has 2 aromatic rings. The minimum atomic E-state index is -1.23. The van der Waals surface area contributed by atoms with Gasteiger partial charge < -0.3 is 24.4 Å². The van der Waals surface area contributed by atoms with Gasteiger partial charge in [-0.1, -0.05) is 30.3 Å². The van der Waals surface area contributed by atoms with E-state index in [4.69, 9.17) is 9.47 Å². The van der Waals surface area contributed by atoms with Crippen molar-refractivity contribution in [2.45, 2.75) is 64.1 Å². The topological polar surface area (TPSA) is 127 Å². The first kappa shape index (κ1) is 26.3. The van der Waals surface area contributed by atoms with Crippen LogP contribution in [0.5, 0.6) is 0 Å². The quantitative estimate of drug-likeness (QED) is 0.384. The molecule has 11 nitrogen and oxygen atoms in total. The van der Waals surface area contributed by atoms with E-state index in [9.17, 15) is 19.5 Å². The van der Waals surface area contributed by atoms with E-state index in [1.165, 1.54) is 4.90 Å². The number of rotatable bonds is 9. The molecule has 1 aromatic carbocycles. The van der Waals surface area contributed by atoms with Gasteiger partial charge in [-0.3, -0.25) is 14.4 Å². The number of benzene rings is 1. The summed E-state index contributed by atoms with van der Waals surface area (Å²) in [6.07, 6.45) is 2.04. The monoisotopic (exact) mass is 525 g/mol. The number of fused-ring (bicyclic) bond motifs is 2. The second kappa shape index (κ2) is 9.46. The molecule has 3 saturated heterocycles. The molecule has 11 heteroatoms. The standard InChI is InChI=1S/C27H35N5O6/c1-6-12-30(15-31-19-11-9-8-10-18(19)28-29-31)24(35)22-27-13-16(3)26(5,38-27)21(25(36)37-7-2)20(27)23(34)32(22)17(4)14-33/h6,8-11,16-17,20-22,33H,1,7,12-15H2,2-5H3/t16?,17-,20+,21-,22?,26+,27?/m1/s1. The Labute approximate surface area is 221 Å². The van der Waals surface area contributed by atoms with E-state index in [1.54, 1.807) is 29.5 Å². The van der Waals surface area contributed by atoms with Gasteiger partial charge in [0.15, 0.2) is 0 Å². The van der Waals surface area contributed by atoms with Crippen LogP contribution in [0.15, 0.2) is 36.9 Å². The second-order valence-corrected chi connectivity index (χ2v) is 10.8. The van der Waals surface area contributed by atoms with Crippen LogP contribution in [0.4, 0.5) is 0 Å². The summed E-state index contributed by atoms with van der Waals surface area (Å²) in [5, 5.41) is 18.5. The average molecular weight is 526 g/mol. The van der Waals surface area contributed by atoms with Crippen LogP contribution in [0, 0.1) is 17.8 Å². The van der Waals surface area contributed by atoms with E-state index in [1.807, 2.05) is 38.1 Å². The van der Waals surface area contributed by atoms with E-state index < -0.39 is 41.1 Å². The number of para-hydroxylation sites is 1. The zero-order chi connectivity index (χ0) is 27.4. The zero-order valence-electron chi connectivity index (χ0n) is 22.2. The summed E-state index contributed by atoms with van der Waals surface area (Å²) < 4.78 is 13.7. The van der Waals surface area contributed by atoms with Crippen LogP contribution in [0.2, 0.25) is 0 Å². The number of aromatic nitrogens is 3. The van der Waals surface area contributed by atoms with Gasteiger partial charge in [0.1, 0.15) is 29.7 Å². The molecule has 2 bridgehead atoms. The maximum Gasteiger partial charge on any atom is 0.312 e. The van der Waals surface area contributed by atoms with Crippen molar-refractivity contribution in [1.29, 1.82) is 0 Å². The third kappa shape index (κ3) is 3.59. The Morgan fingerprint density at radius 1 is 1.39 bits per heavy atom. The number of nitrogens with zero attached hydrogens (tertiary/aromatic N) is 5. The van der Waals surface area contributed by atoms with Crippen molar-refractivity contribution in [3.8, 4) is 0 Å². The first-order valence-corrected chi connectivity index (χ1v) is 13.1. The number of hydrogen-bond donors (Lipinski definition) is 1. The van der Waals surface area contributed by atoms with Crippen LogP contribution in [0.25, 0.3) is 11.0 Å². The molecule has 3 unspecified atom stereocenters. The molecule has 4 heterocycles. The van der Waals surface area contributed by atoms with Gasteiger partial charge in [0.2, 0.25) is 11.8 Å². The first-order valence-electron chi connectivity index (χ1n) is 13.1. The van der Waals surface area contributed by atoms with Crippen LogP contribution >= 0.6 is 0 Å². The van der Waals surface area contributed by atoms with E-state index in [0.717, 1.165) is 5.52 Å². The highest BCUT2D eigenvalue weighted by Crippen LogP contribution is 2.65. The Morgan fingerprint density at radius 3 is 2.82 bits per heavy atom. The van der Waals surface area contributed by atoms with Crippen LogP contribution in [0.1, 0.15) is 34.1 Å². The molecule has 1 N–H and O–H groups in total. The highest BCUT2D eigenvalue weighted by atomic mass is 16.6. The zero-order valence-corrected chi connectivity index (χ0v) is 22.2. The Morgan fingerprint density at radius 2 is 2.13 bits per heavy atom. The third-order valence-electron chi connectivity index (χ3n) is 8.65. The summed E-state index contributed by atoms with van der Waals surface area (Å²) in [6, 6.07) is 5.73. The van der Waals surface area contributed by atoms with Gasteiger partial charge in [-0.2, -0.15) is 0 Å². The molecule has 1 spiro atoms. The summed E-state index contributed by atoms with van der Waals surface area (Å²) in [6.45, 7) is 11.1. The molecule has 0 saturated carbocycles.